The van der Waals surface area contributed by atoms with E-state index in [4.69, 9.17) is 9.47 Å². The molecule has 1 aromatic heterocycles. The van der Waals surface area contributed by atoms with Gasteiger partial charge in [-0.3, -0.25) is 9.59 Å². The molecule has 1 amide bonds. The van der Waals surface area contributed by atoms with Crippen molar-refractivity contribution in [3.05, 3.63) is 29.8 Å². The van der Waals surface area contributed by atoms with Crippen molar-refractivity contribution >= 4 is 11.9 Å². The zero-order valence-electron chi connectivity index (χ0n) is 11.5. The van der Waals surface area contributed by atoms with E-state index in [-0.39, 0.29) is 31.9 Å². The van der Waals surface area contributed by atoms with Gasteiger partial charge in [0, 0.05) is 19.9 Å². The largest absolute Gasteiger partial charge is 0.465 e. The van der Waals surface area contributed by atoms with Crippen LogP contribution in [0.1, 0.15) is 17.3 Å². The first-order valence-electron chi connectivity index (χ1n) is 6.14. The number of aromatic nitrogens is 1. The number of hydrogen-bond acceptors (Lipinski definition) is 5. The Hall–Kier alpha value is -2.02. The van der Waals surface area contributed by atoms with Gasteiger partial charge in [-0.15, -0.1) is 0 Å². The molecule has 0 atom stereocenters. The Labute approximate surface area is 116 Å². The summed E-state index contributed by atoms with van der Waals surface area (Å²) in [5.74, 6) is -2.05. The van der Waals surface area contributed by atoms with E-state index >= 15 is 0 Å². The predicted molar refractivity (Wildman–Crippen MR) is 68.6 cm³/mol. The first-order chi connectivity index (χ1) is 9.60. The molecule has 1 aromatic rings. The number of hydrogen-bond donors (Lipinski definition) is 0. The van der Waals surface area contributed by atoms with Gasteiger partial charge < -0.3 is 14.4 Å². The van der Waals surface area contributed by atoms with Crippen LogP contribution in [0.3, 0.4) is 0 Å². The number of esters is 1. The Morgan fingerprint density at radius 3 is 2.80 bits per heavy atom. The Bertz CT molecular complexity index is 467. The van der Waals surface area contributed by atoms with Gasteiger partial charge in [0.1, 0.15) is 6.54 Å². The molecule has 0 fully saturated rings. The van der Waals surface area contributed by atoms with Crippen molar-refractivity contribution in [2.75, 3.05) is 33.4 Å². The van der Waals surface area contributed by atoms with Crippen LogP contribution in [0.15, 0.2) is 18.3 Å². The predicted octanol–water partition coefficient (Wildman–Crippen LogP) is 0.872. The van der Waals surface area contributed by atoms with Crippen molar-refractivity contribution in [1.29, 1.82) is 0 Å². The van der Waals surface area contributed by atoms with Crippen molar-refractivity contribution in [1.82, 2.24) is 9.88 Å². The number of carbonyl (C=O) groups excluding carboxylic acids is 2. The van der Waals surface area contributed by atoms with Crippen molar-refractivity contribution in [3.8, 4) is 0 Å². The third-order valence-corrected chi connectivity index (χ3v) is 2.47. The van der Waals surface area contributed by atoms with Crippen molar-refractivity contribution in [2.45, 2.75) is 6.92 Å². The Kier molecular flexibility index (Phi) is 6.58. The Balaban J connectivity index is 2.84. The van der Waals surface area contributed by atoms with Crippen LogP contribution >= 0.6 is 0 Å². The van der Waals surface area contributed by atoms with Gasteiger partial charge in [0.05, 0.1) is 18.8 Å². The van der Waals surface area contributed by atoms with E-state index in [1.807, 2.05) is 0 Å². The monoisotopic (exact) mass is 284 g/mol. The molecule has 7 heteroatoms. The number of halogens is 1. The topological polar surface area (TPSA) is 68.7 Å². The molecule has 0 N–H and O–H groups in total. The highest BCUT2D eigenvalue weighted by atomic mass is 19.1. The summed E-state index contributed by atoms with van der Waals surface area (Å²) in [4.78, 5) is 28.2. The first kappa shape index (κ1) is 16.0. The minimum absolute atomic E-state index is 0.155. The molecule has 0 aromatic carbocycles. The highest BCUT2D eigenvalue weighted by Crippen LogP contribution is 2.08. The summed E-state index contributed by atoms with van der Waals surface area (Å²) in [6.45, 7) is 2.01. The highest BCUT2D eigenvalue weighted by molar-refractivity contribution is 5.95. The quantitative estimate of drug-likeness (QED) is 0.549. The maximum Gasteiger partial charge on any atom is 0.325 e. The summed E-state index contributed by atoms with van der Waals surface area (Å²) >= 11 is 0. The lowest BCUT2D eigenvalue weighted by atomic mass is 10.2. The molecule has 0 aliphatic carbocycles. The second kappa shape index (κ2) is 8.21. The lowest BCUT2D eigenvalue weighted by molar-refractivity contribution is -0.143. The molecular formula is C13H17FN2O4. The molecule has 1 rings (SSSR count). The highest BCUT2D eigenvalue weighted by Gasteiger charge is 2.22. The second-order valence-electron chi connectivity index (χ2n) is 3.87. The summed E-state index contributed by atoms with van der Waals surface area (Å²) in [6, 6.07) is 2.77. The molecule has 0 unspecified atom stereocenters. The van der Waals surface area contributed by atoms with Crippen LogP contribution in [0.5, 0.6) is 0 Å². The number of pyridine rings is 1. The van der Waals surface area contributed by atoms with Gasteiger partial charge >= 0.3 is 5.97 Å². The van der Waals surface area contributed by atoms with Crippen molar-refractivity contribution in [2.24, 2.45) is 0 Å². The lowest BCUT2D eigenvalue weighted by Crippen LogP contribution is -2.39. The average molecular weight is 284 g/mol. The summed E-state index contributed by atoms with van der Waals surface area (Å²) in [5.41, 5.74) is -0.187. The molecule has 1 heterocycles. The summed E-state index contributed by atoms with van der Waals surface area (Å²) in [5, 5.41) is 0. The van der Waals surface area contributed by atoms with Gasteiger partial charge in [0.15, 0.2) is 0 Å². The van der Waals surface area contributed by atoms with Crippen LogP contribution in [0.2, 0.25) is 0 Å². The van der Waals surface area contributed by atoms with E-state index in [1.54, 1.807) is 6.92 Å². The molecule has 20 heavy (non-hydrogen) atoms. The van der Waals surface area contributed by atoms with Crippen LogP contribution in [0.4, 0.5) is 4.39 Å². The molecule has 0 aliphatic rings. The number of nitrogens with zero attached hydrogens (tertiary/aromatic N) is 2. The standard InChI is InChI=1S/C13H17FN2O4/c1-3-20-11(17)9-16(7-8-19-2)13(18)10-5-4-6-15-12(10)14/h4-6H,3,7-9H2,1-2H3. The van der Waals surface area contributed by atoms with E-state index < -0.39 is 17.8 Å². The van der Waals surface area contributed by atoms with Crippen molar-refractivity contribution in [3.63, 3.8) is 0 Å². The van der Waals surface area contributed by atoms with Crippen molar-refractivity contribution < 1.29 is 23.5 Å². The summed E-state index contributed by atoms with van der Waals surface area (Å²) in [6.07, 6.45) is 1.25. The normalized spacial score (nSPS) is 10.2. The fraction of sp³-hybridized carbons (Fsp3) is 0.462. The van der Waals surface area contributed by atoms with Crippen LogP contribution < -0.4 is 0 Å². The smallest absolute Gasteiger partial charge is 0.325 e. The SMILES string of the molecule is CCOC(=O)CN(CCOC)C(=O)c1cccnc1F. The van der Waals surface area contributed by atoms with Crippen LogP contribution in [-0.2, 0) is 14.3 Å². The Morgan fingerprint density at radius 2 is 2.20 bits per heavy atom. The Morgan fingerprint density at radius 1 is 1.45 bits per heavy atom. The number of amides is 1. The van der Waals surface area contributed by atoms with E-state index in [1.165, 1.54) is 30.3 Å². The molecular weight excluding hydrogens is 267 g/mol. The van der Waals surface area contributed by atoms with Gasteiger partial charge in [0.2, 0.25) is 5.95 Å². The molecule has 0 saturated carbocycles. The number of methoxy groups -OCH3 is 1. The molecule has 110 valence electrons. The van der Waals surface area contributed by atoms with Gasteiger partial charge in [-0.05, 0) is 19.1 Å². The van der Waals surface area contributed by atoms with Crippen LogP contribution in [0.25, 0.3) is 0 Å². The zero-order valence-corrected chi connectivity index (χ0v) is 11.5. The number of rotatable bonds is 7. The van der Waals surface area contributed by atoms with E-state index in [0.29, 0.717) is 0 Å². The maximum atomic E-state index is 13.5. The molecule has 0 bridgehead atoms. The molecule has 0 spiro atoms. The zero-order chi connectivity index (χ0) is 15.0. The minimum atomic E-state index is -0.872. The number of carbonyl (C=O) groups is 2. The fourth-order valence-corrected chi connectivity index (χ4v) is 1.53. The van der Waals surface area contributed by atoms with E-state index in [9.17, 15) is 14.0 Å². The third kappa shape index (κ3) is 4.58. The van der Waals surface area contributed by atoms with Gasteiger partial charge in [0.25, 0.3) is 5.91 Å². The molecule has 0 aliphatic heterocycles. The van der Waals surface area contributed by atoms with Gasteiger partial charge in [-0.25, -0.2) is 4.98 Å². The lowest BCUT2D eigenvalue weighted by Gasteiger charge is -2.21. The van der Waals surface area contributed by atoms with Crippen LogP contribution in [0, 0.1) is 5.95 Å². The first-order valence-corrected chi connectivity index (χ1v) is 6.14. The van der Waals surface area contributed by atoms with Gasteiger partial charge in [-0.2, -0.15) is 4.39 Å². The van der Waals surface area contributed by atoms with Crippen LogP contribution in [-0.4, -0.2) is 55.2 Å². The summed E-state index contributed by atoms with van der Waals surface area (Å²) < 4.78 is 23.2. The molecule has 0 saturated heterocycles. The molecule has 0 radical (unpaired) electrons. The maximum absolute atomic E-state index is 13.5. The van der Waals surface area contributed by atoms with Gasteiger partial charge in [-0.1, -0.05) is 0 Å². The average Bonchev–Trinajstić information content (AvgIpc) is 2.43. The number of ether oxygens (including phenoxy) is 2. The van der Waals surface area contributed by atoms with E-state index in [2.05, 4.69) is 4.98 Å². The minimum Gasteiger partial charge on any atom is -0.465 e. The molecule has 6 nitrogen and oxygen atoms in total. The second-order valence-corrected chi connectivity index (χ2v) is 3.87. The summed E-state index contributed by atoms with van der Waals surface area (Å²) in [7, 11) is 1.47. The fourth-order valence-electron chi connectivity index (χ4n) is 1.53. The third-order valence-electron chi connectivity index (χ3n) is 2.47. The van der Waals surface area contributed by atoms with E-state index in [0.717, 1.165) is 0 Å².